The number of alkyl halides is 1. The van der Waals surface area contributed by atoms with Crippen molar-refractivity contribution >= 4 is 11.1 Å². The summed E-state index contributed by atoms with van der Waals surface area (Å²) in [4.78, 5) is 4.18. The highest BCUT2D eigenvalue weighted by molar-refractivity contribution is 5.83. The van der Waals surface area contributed by atoms with Gasteiger partial charge in [0.05, 0.1) is 5.69 Å². The lowest BCUT2D eigenvalue weighted by Gasteiger charge is -2.21. The molecule has 270 valence electrons. The smallest absolute Gasteiger partial charge is 0.125 e. The molecular weight excluding hydrogens is 586 g/mol. The summed E-state index contributed by atoms with van der Waals surface area (Å²) in [5, 5.41) is 0. The summed E-state index contributed by atoms with van der Waals surface area (Å²) in [5.74, 6) is 0.935. The number of pyridine rings is 1. The minimum atomic E-state index is -0.886. The Morgan fingerprint density at radius 1 is 0.917 bits per heavy atom. The van der Waals surface area contributed by atoms with Crippen LogP contribution in [-0.2, 0) is 0 Å². The molecule has 0 bridgehead atoms. The number of aryl methyl sites for hydroxylation is 2. The Morgan fingerprint density at radius 2 is 1.48 bits per heavy atom. The largest absolute Gasteiger partial charge is 0.256 e. The quantitative estimate of drug-likeness (QED) is 0.270. The molecule has 0 spiro atoms. The summed E-state index contributed by atoms with van der Waals surface area (Å²) < 4.78 is 14.2. The highest BCUT2D eigenvalue weighted by Gasteiger charge is 2.19. The van der Waals surface area contributed by atoms with Gasteiger partial charge in [-0.2, -0.15) is 0 Å². The lowest BCUT2D eigenvalue weighted by Crippen LogP contribution is -2.09. The van der Waals surface area contributed by atoms with E-state index in [9.17, 15) is 4.39 Å². The number of halogens is 1. The van der Waals surface area contributed by atoms with Crippen molar-refractivity contribution in [3.8, 4) is 0 Å². The van der Waals surface area contributed by atoms with Gasteiger partial charge in [0.1, 0.15) is 6.17 Å². The second kappa shape index (κ2) is 29.8. The fourth-order valence-corrected chi connectivity index (χ4v) is 4.37. The first-order chi connectivity index (χ1) is 22.8. The number of allylic oxidation sites excluding steroid dienone is 11. The molecule has 48 heavy (non-hydrogen) atoms. The van der Waals surface area contributed by atoms with Crippen LogP contribution in [0.5, 0.6) is 0 Å². The van der Waals surface area contributed by atoms with Gasteiger partial charge in [-0.3, -0.25) is 4.98 Å². The van der Waals surface area contributed by atoms with Gasteiger partial charge in [-0.05, 0) is 123 Å². The molecule has 0 aliphatic heterocycles. The summed E-state index contributed by atoms with van der Waals surface area (Å²) in [7, 11) is 0. The third-order valence-electron chi connectivity index (χ3n) is 7.85. The Bertz CT molecular complexity index is 1290. The number of hydrogen-bond donors (Lipinski definition) is 0. The number of hydrogen-bond acceptors (Lipinski definition) is 1. The van der Waals surface area contributed by atoms with Crippen LogP contribution in [-0.4, -0.2) is 11.2 Å². The Hall–Kier alpha value is -3.26. The monoisotopic (exact) mass is 660 g/mol. The molecule has 1 unspecified atom stereocenters. The molecule has 1 aliphatic rings. The lowest BCUT2D eigenvalue weighted by molar-refractivity contribution is 0.377. The zero-order valence-electron chi connectivity index (χ0n) is 34.4. The normalized spacial score (nSPS) is 14.1. The first kappa shape index (κ1) is 49.1. The van der Waals surface area contributed by atoms with E-state index < -0.39 is 6.17 Å². The summed E-state index contributed by atoms with van der Waals surface area (Å²) in [6.07, 6.45) is 15.6. The van der Waals surface area contributed by atoms with Crippen LogP contribution in [0.4, 0.5) is 4.39 Å². The maximum absolute atomic E-state index is 14.2. The van der Waals surface area contributed by atoms with Crippen molar-refractivity contribution in [3.63, 3.8) is 0 Å². The van der Waals surface area contributed by atoms with Gasteiger partial charge < -0.3 is 0 Å². The third-order valence-corrected chi connectivity index (χ3v) is 7.85. The molecule has 2 heteroatoms. The van der Waals surface area contributed by atoms with Crippen LogP contribution in [0.15, 0.2) is 95.8 Å². The Morgan fingerprint density at radius 3 is 1.88 bits per heavy atom. The zero-order valence-corrected chi connectivity index (χ0v) is 34.4. The Labute approximate surface area is 299 Å². The van der Waals surface area contributed by atoms with Crippen LogP contribution in [0.25, 0.3) is 11.1 Å². The van der Waals surface area contributed by atoms with Crippen LogP contribution < -0.4 is 0 Å². The lowest BCUT2D eigenvalue weighted by atomic mass is 9.85. The van der Waals surface area contributed by atoms with E-state index in [1.54, 1.807) is 0 Å². The molecule has 0 saturated carbocycles. The van der Waals surface area contributed by atoms with E-state index in [-0.39, 0.29) is 0 Å². The summed E-state index contributed by atoms with van der Waals surface area (Å²) in [6, 6.07) is 10.4. The fraction of sp³-hybridized carbons (Fsp3) is 0.500. The van der Waals surface area contributed by atoms with Crippen LogP contribution >= 0.6 is 0 Å². The molecule has 0 fully saturated rings. The van der Waals surface area contributed by atoms with Gasteiger partial charge in [-0.25, -0.2) is 4.39 Å². The standard InChI is InChI=1S/C24H29F.C9H11N.C6H14.C3H8.2C2H6/c1-7-10-22(20-14-13-17(4)24(25)15-20)19(6)21(8-2)23-12-9-11-16(3)18(23)5;1-7(2)9-5-4-8(3)6-10-9;1-4-6(3)5-2;1-3-2;2*1-2/h7-14,24H,15H2,1-6H3;4-6H,1H2,2-3H3;6H,4-5H2,1-3H3;3H2,1-2H3;2*1-2H3/b10-7-,21-8+,22-19+;;;;;. The first-order valence-electron chi connectivity index (χ1n) is 18.5. The zero-order chi connectivity index (χ0) is 37.8. The van der Waals surface area contributed by atoms with Crippen molar-refractivity contribution in [2.75, 3.05) is 0 Å². The van der Waals surface area contributed by atoms with Crippen LogP contribution in [0.2, 0.25) is 0 Å². The van der Waals surface area contributed by atoms with Crippen molar-refractivity contribution < 1.29 is 4.39 Å². The molecule has 0 amide bonds. The van der Waals surface area contributed by atoms with Crippen molar-refractivity contribution in [2.24, 2.45) is 5.92 Å². The van der Waals surface area contributed by atoms with Crippen molar-refractivity contribution in [1.82, 2.24) is 4.98 Å². The molecule has 2 aromatic rings. The SMILES string of the molecule is C=C(C)c1ccc(C)cn1.CC.CC.CCC.CCC(C)CC.C\C=C/C(C1=CC=C(C)C(F)C1)=C(C)\C(=C/C)c1cccc(C)c1C. The summed E-state index contributed by atoms with van der Waals surface area (Å²) in [5.41, 5.74) is 12.4. The van der Waals surface area contributed by atoms with E-state index in [2.05, 4.69) is 110 Å². The minimum Gasteiger partial charge on any atom is -0.256 e. The van der Waals surface area contributed by atoms with Crippen LogP contribution in [0.1, 0.15) is 151 Å². The fourth-order valence-electron chi connectivity index (χ4n) is 4.37. The Kier molecular flexibility index (Phi) is 30.5. The van der Waals surface area contributed by atoms with E-state index in [0.717, 1.165) is 33.9 Å². The van der Waals surface area contributed by atoms with Crippen LogP contribution in [0.3, 0.4) is 0 Å². The van der Waals surface area contributed by atoms with E-state index in [1.807, 2.05) is 85.9 Å². The maximum atomic E-state index is 14.2. The maximum Gasteiger partial charge on any atom is 0.125 e. The van der Waals surface area contributed by atoms with Gasteiger partial charge in [-0.1, -0.05) is 143 Å². The van der Waals surface area contributed by atoms with Gasteiger partial charge in [0.2, 0.25) is 0 Å². The topological polar surface area (TPSA) is 12.9 Å². The van der Waals surface area contributed by atoms with Gasteiger partial charge in [0.25, 0.3) is 0 Å². The first-order valence-corrected chi connectivity index (χ1v) is 18.5. The van der Waals surface area contributed by atoms with Gasteiger partial charge in [0, 0.05) is 12.6 Å². The van der Waals surface area contributed by atoms with E-state index in [1.165, 1.54) is 52.7 Å². The molecule has 1 atom stereocenters. The van der Waals surface area contributed by atoms with E-state index >= 15 is 0 Å². The summed E-state index contributed by atoms with van der Waals surface area (Å²) >= 11 is 0. The van der Waals surface area contributed by atoms with Gasteiger partial charge in [0.15, 0.2) is 0 Å². The number of rotatable bonds is 7. The predicted octanol–water partition coefficient (Wildman–Crippen LogP) is 15.5. The highest BCUT2D eigenvalue weighted by atomic mass is 19.1. The average molecular weight is 660 g/mol. The molecule has 1 aromatic carbocycles. The molecular formula is C46H74FN. The van der Waals surface area contributed by atoms with Crippen molar-refractivity contribution in [1.29, 1.82) is 0 Å². The van der Waals surface area contributed by atoms with Gasteiger partial charge >= 0.3 is 0 Å². The van der Waals surface area contributed by atoms with E-state index in [0.29, 0.717) is 6.42 Å². The van der Waals surface area contributed by atoms with E-state index in [4.69, 9.17) is 0 Å². The van der Waals surface area contributed by atoms with Crippen molar-refractivity contribution in [2.45, 2.75) is 150 Å². The predicted molar refractivity (Wildman–Crippen MR) is 221 cm³/mol. The minimum absolute atomic E-state index is 0.448. The van der Waals surface area contributed by atoms with Crippen molar-refractivity contribution in [3.05, 3.63) is 124 Å². The molecule has 0 saturated heterocycles. The molecule has 3 rings (SSSR count). The molecule has 1 heterocycles. The Balaban J connectivity index is -0.000000720. The molecule has 0 N–H and O–H groups in total. The van der Waals surface area contributed by atoms with Crippen LogP contribution in [0, 0.1) is 26.7 Å². The molecule has 1 aromatic heterocycles. The summed E-state index contributed by atoms with van der Waals surface area (Å²) in [6.45, 7) is 39.2. The second-order valence-corrected chi connectivity index (χ2v) is 11.9. The molecule has 1 nitrogen and oxygen atoms in total. The number of benzene rings is 1. The number of aromatic nitrogens is 1. The molecule has 1 aliphatic carbocycles. The number of nitrogens with zero attached hydrogens (tertiary/aromatic N) is 1. The van der Waals surface area contributed by atoms with Gasteiger partial charge in [-0.15, -0.1) is 0 Å². The second-order valence-electron chi connectivity index (χ2n) is 11.9. The third kappa shape index (κ3) is 18.9. The molecule has 0 radical (unpaired) electrons. The average Bonchev–Trinajstić information content (AvgIpc) is 3.09. The highest BCUT2D eigenvalue weighted by Crippen LogP contribution is 2.35.